The molecule has 3 heterocycles. The van der Waals surface area contributed by atoms with Crippen molar-refractivity contribution < 1.29 is 9.53 Å². The van der Waals surface area contributed by atoms with Crippen LogP contribution in [-0.2, 0) is 20.6 Å². The zero-order chi connectivity index (χ0) is 20.4. The lowest BCUT2D eigenvalue weighted by atomic mass is 10.2. The summed E-state index contributed by atoms with van der Waals surface area (Å²) in [7, 11) is 4.23. The van der Waals surface area contributed by atoms with Crippen molar-refractivity contribution in [3.63, 3.8) is 0 Å². The zero-order valence-electron chi connectivity index (χ0n) is 15.0. The number of carbonyl (C=O) groups excluding carboxylic acids is 1. The molecule has 0 atom stereocenters. The summed E-state index contributed by atoms with van der Waals surface area (Å²) in [6.45, 7) is -0.168. The van der Waals surface area contributed by atoms with Crippen molar-refractivity contribution in [3.05, 3.63) is 49.4 Å². The Kier molecular flexibility index (Phi) is 5.17. The molecule has 0 aliphatic rings. The molecule has 1 amide bonds. The van der Waals surface area contributed by atoms with Gasteiger partial charge in [-0.15, -0.1) is 0 Å². The summed E-state index contributed by atoms with van der Waals surface area (Å²) in [6, 6.07) is 2.99. The van der Waals surface area contributed by atoms with Gasteiger partial charge in [0.1, 0.15) is 5.15 Å². The number of tetrazole rings is 1. The van der Waals surface area contributed by atoms with E-state index < -0.39 is 22.9 Å². The smallest absolute Gasteiger partial charge is 0.347 e. The van der Waals surface area contributed by atoms with Crippen molar-refractivity contribution in [3.8, 4) is 5.88 Å². The quantitative estimate of drug-likeness (QED) is 0.515. The molecule has 0 saturated carbocycles. The number of nitrogens with zero attached hydrogens (tertiary/aromatic N) is 8. The van der Waals surface area contributed by atoms with Crippen LogP contribution in [0, 0.1) is 0 Å². The molecule has 3 rings (SSSR count). The van der Waals surface area contributed by atoms with Gasteiger partial charge in [-0.05, 0) is 22.1 Å². The number of carbonyl (C=O) groups is 1. The van der Waals surface area contributed by atoms with Crippen molar-refractivity contribution in [2.75, 3.05) is 12.4 Å². The fourth-order valence-electron chi connectivity index (χ4n) is 2.30. The highest BCUT2D eigenvalue weighted by molar-refractivity contribution is 6.29. The topological polar surface area (TPSA) is 152 Å². The van der Waals surface area contributed by atoms with Crippen LogP contribution in [0.4, 0.5) is 5.95 Å². The molecule has 0 fully saturated rings. The summed E-state index contributed by atoms with van der Waals surface area (Å²) in [5.74, 6) is -0.635. The Morgan fingerprint density at radius 2 is 2.00 bits per heavy atom. The molecule has 0 unspecified atom stereocenters. The number of halogens is 1. The van der Waals surface area contributed by atoms with Gasteiger partial charge in [0, 0.05) is 20.2 Å². The number of methoxy groups -OCH3 is 1. The normalized spacial score (nSPS) is 10.7. The maximum atomic E-state index is 12.7. The number of pyridine rings is 1. The Bertz CT molecular complexity index is 1170. The monoisotopic (exact) mass is 407 g/mol. The van der Waals surface area contributed by atoms with Crippen LogP contribution in [0.2, 0.25) is 5.15 Å². The maximum Gasteiger partial charge on any atom is 0.347 e. The van der Waals surface area contributed by atoms with Gasteiger partial charge in [-0.25, -0.2) is 19.1 Å². The van der Waals surface area contributed by atoms with Gasteiger partial charge in [-0.3, -0.25) is 19.5 Å². The van der Waals surface area contributed by atoms with E-state index in [1.165, 1.54) is 38.0 Å². The molecule has 28 heavy (non-hydrogen) atoms. The maximum absolute atomic E-state index is 12.7. The fraction of sp³-hybridized carbons (Fsp3) is 0.286. The van der Waals surface area contributed by atoms with Crippen molar-refractivity contribution in [2.24, 2.45) is 14.1 Å². The number of aromatic nitrogens is 8. The van der Waals surface area contributed by atoms with Gasteiger partial charge in [-0.1, -0.05) is 16.7 Å². The van der Waals surface area contributed by atoms with Crippen LogP contribution in [0.3, 0.4) is 0 Å². The summed E-state index contributed by atoms with van der Waals surface area (Å²) >= 11 is 5.92. The van der Waals surface area contributed by atoms with Gasteiger partial charge in [0.25, 0.3) is 11.5 Å². The summed E-state index contributed by atoms with van der Waals surface area (Å²) in [5.41, 5.74) is -1.63. The summed E-state index contributed by atoms with van der Waals surface area (Å²) in [6.07, 6.45) is 0. The standard InChI is InChI=1S/C14H14ClN9O4/c1-22-13(18-20-21-22)17-11(25)10-12(26)24(14(27)23(2)19-10)6-7-4-8(15)16-9(5-7)28-3/h4-5H,6H2,1-3H3,(H,17,18,21,25). The number of rotatable bonds is 5. The Labute approximate surface area is 161 Å². The molecule has 0 saturated heterocycles. The second-order valence-corrected chi connectivity index (χ2v) is 5.95. The average Bonchev–Trinajstić information content (AvgIpc) is 3.05. The first-order valence-corrected chi connectivity index (χ1v) is 8.10. The highest BCUT2D eigenvalue weighted by Gasteiger charge is 2.20. The zero-order valence-corrected chi connectivity index (χ0v) is 15.7. The number of ether oxygens (including phenoxy) is 1. The number of hydrogen-bond acceptors (Lipinski definition) is 9. The largest absolute Gasteiger partial charge is 0.481 e. The molecule has 0 aliphatic heterocycles. The predicted molar refractivity (Wildman–Crippen MR) is 95.4 cm³/mol. The van der Waals surface area contributed by atoms with Crippen LogP contribution in [0.5, 0.6) is 5.88 Å². The Hall–Kier alpha value is -3.61. The minimum Gasteiger partial charge on any atom is -0.481 e. The first-order valence-electron chi connectivity index (χ1n) is 7.72. The molecular weight excluding hydrogens is 394 g/mol. The van der Waals surface area contributed by atoms with Crippen molar-refractivity contribution in [2.45, 2.75) is 6.54 Å². The molecule has 0 bridgehead atoms. The fourth-order valence-corrected chi connectivity index (χ4v) is 2.53. The highest BCUT2D eigenvalue weighted by Crippen LogP contribution is 2.16. The van der Waals surface area contributed by atoms with Crippen LogP contribution in [0.15, 0.2) is 21.7 Å². The van der Waals surface area contributed by atoms with E-state index in [1.807, 2.05) is 0 Å². The summed E-state index contributed by atoms with van der Waals surface area (Å²) in [5, 5.41) is 16.8. The average molecular weight is 408 g/mol. The van der Waals surface area contributed by atoms with Crippen LogP contribution < -0.4 is 21.3 Å². The molecule has 0 radical (unpaired) electrons. The molecule has 14 heteroatoms. The summed E-state index contributed by atoms with van der Waals surface area (Å²) < 4.78 is 7.95. The van der Waals surface area contributed by atoms with Crippen LogP contribution >= 0.6 is 11.6 Å². The van der Waals surface area contributed by atoms with Gasteiger partial charge in [0.2, 0.25) is 17.5 Å². The molecule has 0 aromatic carbocycles. The molecule has 3 aromatic rings. The Morgan fingerprint density at radius 1 is 1.25 bits per heavy atom. The number of amides is 1. The van der Waals surface area contributed by atoms with E-state index in [2.05, 4.69) is 30.9 Å². The van der Waals surface area contributed by atoms with Gasteiger partial charge in [0.15, 0.2) is 0 Å². The molecule has 146 valence electrons. The van der Waals surface area contributed by atoms with Gasteiger partial charge >= 0.3 is 5.69 Å². The van der Waals surface area contributed by atoms with Crippen LogP contribution in [0.25, 0.3) is 0 Å². The molecule has 13 nitrogen and oxygen atoms in total. The van der Waals surface area contributed by atoms with Crippen molar-refractivity contribution in [1.29, 1.82) is 0 Å². The number of anilines is 1. The van der Waals surface area contributed by atoms with E-state index in [0.29, 0.717) is 5.56 Å². The van der Waals surface area contributed by atoms with Crippen molar-refractivity contribution in [1.82, 2.24) is 39.5 Å². The van der Waals surface area contributed by atoms with Gasteiger partial charge in [-0.2, -0.15) is 5.10 Å². The van der Waals surface area contributed by atoms with E-state index in [-0.39, 0.29) is 23.5 Å². The third kappa shape index (κ3) is 3.73. The third-order valence-corrected chi connectivity index (χ3v) is 3.84. The molecule has 0 aliphatic carbocycles. The predicted octanol–water partition coefficient (Wildman–Crippen LogP) is -1.18. The molecule has 3 aromatic heterocycles. The van der Waals surface area contributed by atoms with Crippen LogP contribution in [0.1, 0.15) is 16.1 Å². The Morgan fingerprint density at radius 3 is 2.64 bits per heavy atom. The van der Waals surface area contributed by atoms with E-state index in [1.54, 1.807) is 0 Å². The highest BCUT2D eigenvalue weighted by atomic mass is 35.5. The first kappa shape index (κ1) is 19.2. The lowest BCUT2D eigenvalue weighted by molar-refractivity contribution is 0.101. The lowest BCUT2D eigenvalue weighted by Crippen LogP contribution is -2.44. The van der Waals surface area contributed by atoms with E-state index in [0.717, 1.165) is 9.25 Å². The van der Waals surface area contributed by atoms with Gasteiger partial charge < -0.3 is 4.74 Å². The molecule has 1 N–H and O–H groups in total. The second-order valence-electron chi connectivity index (χ2n) is 5.57. The number of hydrogen-bond donors (Lipinski definition) is 1. The molecule has 0 spiro atoms. The molecular formula is C14H14ClN9O4. The third-order valence-electron chi connectivity index (χ3n) is 3.65. The van der Waals surface area contributed by atoms with Gasteiger partial charge in [0.05, 0.1) is 13.7 Å². The van der Waals surface area contributed by atoms with Crippen LogP contribution in [-0.4, -0.2) is 52.6 Å². The second kappa shape index (κ2) is 7.56. The minimum absolute atomic E-state index is 0.0113. The lowest BCUT2D eigenvalue weighted by Gasteiger charge is -2.10. The minimum atomic E-state index is -0.886. The van der Waals surface area contributed by atoms with E-state index in [4.69, 9.17) is 16.3 Å². The Balaban J connectivity index is 2.02. The van der Waals surface area contributed by atoms with E-state index >= 15 is 0 Å². The van der Waals surface area contributed by atoms with E-state index in [9.17, 15) is 14.4 Å². The number of aryl methyl sites for hydroxylation is 2. The van der Waals surface area contributed by atoms with Crippen molar-refractivity contribution >= 4 is 23.5 Å². The number of nitrogens with one attached hydrogen (secondary N) is 1. The summed E-state index contributed by atoms with van der Waals surface area (Å²) in [4.78, 5) is 41.5. The SMILES string of the molecule is COc1cc(Cn2c(=O)c(C(=O)Nc3nnnn3C)nn(C)c2=O)cc(Cl)n1. The first-order chi connectivity index (χ1) is 13.3.